The number of benzene rings is 1. The van der Waals surface area contributed by atoms with Crippen molar-refractivity contribution >= 4 is 24.2 Å². The van der Waals surface area contributed by atoms with Crippen LogP contribution in [0.15, 0.2) is 12.1 Å². The third-order valence-corrected chi connectivity index (χ3v) is 3.39. The Labute approximate surface area is 108 Å². The van der Waals surface area contributed by atoms with Crippen LogP contribution in [0.4, 0.5) is 0 Å². The number of hydrogen-bond acceptors (Lipinski definition) is 3. The summed E-state index contributed by atoms with van der Waals surface area (Å²) in [4.78, 5) is 2.15. The molecule has 0 N–H and O–H groups in total. The predicted octanol–water partition coefficient (Wildman–Crippen LogP) is 3.02. The number of likely N-dealkylation sites (N-methyl/N-ethyl adjacent to an activating group) is 1. The number of methoxy groups -OCH3 is 1. The molecule has 0 amide bonds. The summed E-state index contributed by atoms with van der Waals surface area (Å²) in [6.07, 6.45) is 0.979. The molecule has 0 radical (unpaired) electrons. The third-order valence-electron chi connectivity index (χ3n) is 2.61. The Kier molecular flexibility index (Phi) is 5.46. The molecular weight excluding hydrogens is 242 g/mol. The first kappa shape index (κ1) is 13.7. The number of aryl methyl sites for hydroxylation is 1. The molecule has 2 nitrogen and oxygen atoms in total. The van der Waals surface area contributed by atoms with Gasteiger partial charge in [0.15, 0.2) is 0 Å². The first-order valence-electron chi connectivity index (χ1n) is 5.21. The van der Waals surface area contributed by atoms with Gasteiger partial charge < -0.3 is 4.74 Å². The molecule has 90 valence electrons. The van der Waals surface area contributed by atoms with E-state index in [1.54, 1.807) is 7.11 Å². The van der Waals surface area contributed by atoms with Gasteiger partial charge in [-0.1, -0.05) is 11.6 Å². The Balaban J connectivity index is 2.77. The zero-order valence-electron chi connectivity index (χ0n) is 9.96. The van der Waals surface area contributed by atoms with E-state index >= 15 is 0 Å². The number of hydrogen-bond donors (Lipinski definition) is 1. The second kappa shape index (κ2) is 6.38. The molecule has 1 rings (SSSR count). The van der Waals surface area contributed by atoms with Crippen molar-refractivity contribution in [2.24, 2.45) is 0 Å². The fourth-order valence-corrected chi connectivity index (χ4v) is 1.91. The van der Waals surface area contributed by atoms with Gasteiger partial charge in [-0.3, -0.25) is 4.90 Å². The highest BCUT2D eigenvalue weighted by atomic mass is 35.5. The van der Waals surface area contributed by atoms with Crippen molar-refractivity contribution in [3.8, 4) is 5.75 Å². The Morgan fingerprint density at radius 3 is 2.69 bits per heavy atom. The number of nitrogens with zero attached hydrogens (tertiary/aromatic N) is 1. The van der Waals surface area contributed by atoms with E-state index in [4.69, 9.17) is 16.3 Å². The molecule has 1 aromatic carbocycles. The van der Waals surface area contributed by atoms with Gasteiger partial charge >= 0.3 is 0 Å². The van der Waals surface area contributed by atoms with Crippen LogP contribution in [0.25, 0.3) is 0 Å². The highest BCUT2D eigenvalue weighted by Gasteiger charge is 2.06. The lowest BCUT2D eigenvalue weighted by molar-refractivity contribution is 0.398. The van der Waals surface area contributed by atoms with Gasteiger partial charge in [0, 0.05) is 12.4 Å². The van der Waals surface area contributed by atoms with Gasteiger partial charge in [-0.2, -0.15) is 12.6 Å². The van der Waals surface area contributed by atoms with Crippen molar-refractivity contribution in [3.63, 3.8) is 0 Å². The molecular formula is C12H18ClNOS. The summed E-state index contributed by atoms with van der Waals surface area (Å²) >= 11 is 10.3. The van der Waals surface area contributed by atoms with Gasteiger partial charge in [-0.15, -0.1) is 0 Å². The van der Waals surface area contributed by atoms with Crippen molar-refractivity contribution in [2.75, 3.05) is 26.6 Å². The zero-order chi connectivity index (χ0) is 12.1. The van der Waals surface area contributed by atoms with Crippen molar-refractivity contribution in [1.82, 2.24) is 4.90 Å². The normalized spacial score (nSPS) is 10.9. The first-order chi connectivity index (χ1) is 7.58. The molecule has 0 saturated carbocycles. The average Bonchev–Trinajstić information content (AvgIpc) is 2.29. The topological polar surface area (TPSA) is 12.5 Å². The molecule has 0 aliphatic rings. The smallest absolute Gasteiger partial charge is 0.137 e. The minimum Gasteiger partial charge on any atom is -0.495 e. The standard InChI is InChI=1S/C12H18ClNOS/c1-9-6-12(15-3)11(13)7-10(9)4-5-14(2)8-16/h6-7,16H,4-5,8H2,1-3H3. The van der Waals surface area contributed by atoms with E-state index in [-0.39, 0.29) is 0 Å². The Hall–Kier alpha value is -0.380. The van der Waals surface area contributed by atoms with E-state index in [0.29, 0.717) is 5.02 Å². The Morgan fingerprint density at radius 2 is 2.12 bits per heavy atom. The van der Waals surface area contributed by atoms with Crippen molar-refractivity contribution in [2.45, 2.75) is 13.3 Å². The van der Waals surface area contributed by atoms with Crippen LogP contribution < -0.4 is 4.74 Å². The second-order valence-corrected chi connectivity index (χ2v) is 4.57. The van der Waals surface area contributed by atoms with E-state index in [9.17, 15) is 0 Å². The monoisotopic (exact) mass is 259 g/mol. The van der Waals surface area contributed by atoms with Crippen LogP contribution in [0.1, 0.15) is 11.1 Å². The number of ether oxygens (including phenoxy) is 1. The van der Waals surface area contributed by atoms with Gasteiger partial charge in [0.25, 0.3) is 0 Å². The van der Waals surface area contributed by atoms with Gasteiger partial charge in [0.2, 0.25) is 0 Å². The molecule has 0 heterocycles. The van der Waals surface area contributed by atoms with Crippen LogP contribution in [-0.2, 0) is 6.42 Å². The van der Waals surface area contributed by atoms with Crippen molar-refractivity contribution in [1.29, 1.82) is 0 Å². The average molecular weight is 260 g/mol. The Bertz CT molecular complexity index is 357. The lowest BCUT2D eigenvalue weighted by Crippen LogP contribution is -2.19. The summed E-state index contributed by atoms with van der Waals surface area (Å²) in [6, 6.07) is 3.97. The number of thiol groups is 1. The summed E-state index contributed by atoms with van der Waals surface area (Å²) in [5, 5.41) is 0.677. The van der Waals surface area contributed by atoms with Gasteiger partial charge in [0.05, 0.1) is 12.1 Å². The SMILES string of the molecule is COc1cc(C)c(CCN(C)CS)cc1Cl. The van der Waals surface area contributed by atoms with E-state index in [2.05, 4.69) is 24.5 Å². The summed E-state index contributed by atoms with van der Waals surface area (Å²) in [6.45, 7) is 3.06. The minimum atomic E-state index is 0.677. The molecule has 0 aromatic heterocycles. The molecule has 0 atom stereocenters. The lowest BCUT2D eigenvalue weighted by atomic mass is 10.1. The number of rotatable bonds is 5. The van der Waals surface area contributed by atoms with E-state index in [1.165, 1.54) is 11.1 Å². The summed E-state index contributed by atoms with van der Waals surface area (Å²) in [7, 11) is 3.68. The summed E-state index contributed by atoms with van der Waals surface area (Å²) in [5.41, 5.74) is 2.48. The maximum Gasteiger partial charge on any atom is 0.137 e. The first-order valence-corrected chi connectivity index (χ1v) is 6.22. The molecule has 0 aliphatic carbocycles. The Morgan fingerprint density at radius 1 is 1.44 bits per heavy atom. The van der Waals surface area contributed by atoms with E-state index < -0.39 is 0 Å². The van der Waals surface area contributed by atoms with Gasteiger partial charge in [-0.05, 0) is 43.7 Å². The summed E-state index contributed by atoms with van der Waals surface area (Å²) < 4.78 is 5.17. The van der Waals surface area contributed by atoms with Crippen LogP contribution in [0.3, 0.4) is 0 Å². The molecule has 0 spiro atoms. The van der Waals surface area contributed by atoms with Gasteiger partial charge in [0.1, 0.15) is 5.75 Å². The maximum atomic E-state index is 6.10. The maximum absolute atomic E-state index is 6.10. The predicted molar refractivity (Wildman–Crippen MR) is 72.9 cm³/mol. The fraction of sp³-hybridized carbons (Fsp3) is 0.500. The largest absolute Gasteiger partial charge is 0.495 e. The molecule has 0 bridgehead atoms. The highest BCUT2D eigenvalue weighted by molar-refractivity contribution is 7.80. The van der Waals surface area contributed by atoms with Crippen LogP contribution in [0.5, 0.6) is 5.75 Å². The van der Waals surface area contributed by atoms with Crippen LogP contribution in [0.2, 0.25) is 5.02 Å². The van der Waals surface area contributed by atoms with Crippen LogP contribution in [0, 0.1) is 6.92 Å². The molecule has 0 unspecified atom stereocenters. The van der Waals surface area contributed by atoms with Crippen molar-refractivity contribution < 1.29 is 4.74 Å². The molecule has 0 saturated heterocycles. The molecule has 4 heteroatoms. The molecule has 16 heavy (non-hydrogen) atoms. The van der Waals surface area contributed by atoms with E-state index in [0.717, 1.165) is 24.6 Å². The molecule has 1 aromatic rings. The second-order valence-electron chi connectivity index (χ2n) is 3.88. The quantitative estimate of drug-likeness (QED) is 0.645. The van der Waals surface area contributed by atoms with Crippen LogP contribution >= 0.6 is 24.2 Å². The molecule has 0 fully saturated rings. The lowest BCUT2D eigenvalue weighted by Gasteiger charge is -2.15. The van der Waals surface area contributed by atoms with E-state index in [1.807, 2.05) is 19.2 Å². The van der Waals surface area contributed by atoms with Gasteiger partial charge in [-0.25, -0.2) is 0 Å². The third kappa shape index (κ3) is 3.58. The summed E-state index contributed by atoms with van der Waals surface area (Å²) in [5.74, 6) is 1.51. The molecule has 0 aliphatic heterocycles. The van der Waals surface area contributed by atoms with Crippen molar-refractivity contribution in [3.05, 3.63) is 28.3 Å². The zero-order valence-corrected chi connectivity index (χ0v) is 11.6. The van der Waals surface area contributed by atoms with Crippen LogP contribution in [-0.4, -0.2) is 31.5 Å². The highest BCUT2D eigenvalue weighted by Crippen LogP contribution is 2.28. The fourth-order valence-electron chi connectivity index (χ4n) is 1.50. The minimum absolute atomic E-state index is 0.677. The number of halogens is 1.